The van der Waals surface area contributed by atoms with Crippen molar-refractivity contribution < 1.29 is 4.79 Å². The van der Waals surface area contributed by atoms with E-state index < -0.39 is 0 Å². The molecule has 0 saturated heterocycles. The van der Waals surface area contributed by atoms with E-state index in [-0.39, 0.29) is 6.03 Å². The maximum Gasteiger partial charge on any atom is 0.323 e. The molecule has 2 N–H and O–H groups in total. The summed E-state index contributed by atoms with van der Waals surface area (Å²) in [5, 5.41) is 5.80. The van der Waals surface area contributed by atoms with Crippen LogP contribution in [-0.2, 0) is 0 Å². The maximum atomic E-state index is 12.2. The van der Waals surface area contributed by atoms with Gasteiger partial charge in [0.25, 0.3) is 0 Å². The molecule has 0 bridgehead atoms. The summed E-state index contributed by atoms with van der Waals surface area (Å²) in [6, 6.07) is 13.6. The first kappa shape index (κ1) is 16.9. The molecule has 2 rings (SSSR count). The lowest BCUT2D eigenvalue weighted by molar-refractivity contribution is 0.262. The number of anilines is 3. The number of benzene rings is 2. The van der Waals surface area contributed by atoms with Crippen LogP contribution < -0.4 is 15.5 Å². The van der Waals surface area contributed by atoms with Crippen LogP contribution in [0.15, 0.2) is 42.5 Å². The Kier molecular flexibility index (Phi) is 5.63. The number of carbonyl (C=O) groups excluding carboxylic acids is 1. The third kappa shape index (κ3) is 4.25. The molecule has 0 aromatic heterocycles. The quantitative estimate of drug-likeness (QED) is 0.833. The first-order valence-electron chi connectivity index (χ1n) is 8.04. The van der Waals surface area contributed by atoms with Crippen molar-refractivity contribution in [3.63, 3.8) is 0 Å². The van der Waals surface area contributed by atoms with Crippen molar-refractivity contribution in [1.29, 1.82) is 0 Å². The van der Waals surface area contributed by atoms with Gasteiger partial charge in [0.15, 0.2) is 0 Å². The molecule has 4 heteroatoms. The molecule has 0 spiro atoms. The zero-order chi connectivity index (χ0) is 16.8. The van der Waals surface area contributed by atoms with Crippen LogP contribution in [0.4, 0.5) is 21.9 Å². The van der Waals surface area contributed by atoms with Crippen molar-refractivity contribution in [2.75, 3.05) is 28.6 Å². The Bertz CT molecular complexity index is 678. The lowest BCUT2D eigenvalue weighted by Crippen LogP contribution is -2.23. The number of hydrogen-bond donors (Lipinski definition) is 2. The first-order valence-corrected chi connectivity index (χ1v) is 8.04. The average Bonchev–Trinajstić information content (AvgIpc) is 2.53. The van der Waals surface area contributed by atoms with Crippen molar-refractivity contribution in [2.45, 2.75) is 27.7 Å². The van der Waals surface area contributed by atoms with Crippen LogP contribution in [0.25, 0.3) is 0 Å². The summed E-state index contributed by atoms with van der Waals surface area (Å²) >= 11 is 0. The fourth-order valence-corrected chi connectivity index (χ4v) is 2.56. The van der Waals surface area contributed by atoms with Gasteiger partial charge in [0, 0.05) is 30.2 Å². The summed E-state index contributed by atoms with van der Waals surface area (Å²) in [4.78, 5) is 14.5. The summed E-state index contributed by atoms with van der Waals surface area (Å²) in [6.45, 7) is 10.2. The van der Waals surface area contributed by atoms with Crippen molar-refractivity contribution in [3.8, 4) is 0 Å². The minimum absolute atomic E-state index is 0.224. The van der Waals surface area contributed by atoms with E-state index in [1.807, 2.05) is 50.2 Å². The number of urea groups is 1. The van der Waals surface area contributed by atoms with Crippen LogP contribution in [0.2, 0.25) is 0 Å². The van der Waals surface area contributed by atoms with Crippen molar-refractivity contribution in [1.82, 2.24) is 0 Å². The minimum Gasteiger partial charge on any atom is -0.372 e. The predicted octanol–water partition coefficient (Wildman–Crippen LogP) is 4.79. The zero-order valence-corrected chi connectivity index (χ0v) is 14.3. The Labute approximate surface area is 138 Å². The molecule has 0 heterocycles. The second-order valence-corrected chi connectivity index (χ2v) is 5.57. The van der Waals surface area contributed by atoms with Crippen LogP contribution in [-0.4, -0.2) is 19.1 Å². The van der Waals surface area contributed by atoms with E-state index in [0.29, 0.717) is 0 Å². The van der Waals surface area contributed by atoms with Crippen molar-refractivity contribution >= 4 is 23.1 Å². The Morgan fingerprint density at radius 2 is 1.52 bits per heavy atom. The molecule has 23 heavy (non-hydrogen) atoms. The molecule has 4 nitrogen and oxygen atoms in total. The molecule has 2 aromatic carbocycles. The van der Waals surface area contributed by atoms with E-state index in [2.05, 4.69) is 35.4 Å². The molecule has 0 saturated carbocycles. The smallest absolute Gasteiger partial charge is 0.323 e. The number of nitrogens with zero attached hydrogens (tertiary/aromatic N) is 1. The molecule has 0 aliphatic carbocycles. The van der Waals surface area contributed by atoms with Crippen LogP contribution >= 0.6 is 0 Å². The van der Waals surface area contributed by atoms with Gasteiger partial charge in [-0.05, 0) is 63.1 Å². The van der Waals surface area contributed by atoms with Crippen LogP contribution in [0.3, 0.4) is 0 Å². The van der Waals surface area contributed by atoms with E-state index in [1.165, 1.54) is 5.69 Å². The van der Waals surface area contributed by atoms with Crippen molar-refractivity contribution in [3.05, 3.63) is 53.6 Å². The predicted molar refractivity (Wildman–Crippen MR) is 98.6 cm³/mol. The maximum absolute atomic E-state index is 12.2. The van der Waals surface area contributed by atoms with Gasteiger partial charge >= 0.3 is 6.03 Å². The summed E-state index contributed by atoms with van der Waals surface area (Å²) in [5.41, 5.74) is 4.91. The van der Waals surface area contributed by atoms with Gasteiger partial charge in [-0.2, -0.15) is 0 Å². The Morgan fingerprint density at radius 1 is 0.913 bits per heavy atom. The topological polar surface area (TPSA) is 44.4 Å². The normalized spacial score (nSPS) is 10.3. The highest BCUT2D eigenvalue weighted by molar-refractivity contribution is 6.00. The number of carbonyl (C=O) groups is 1. The molecule has 2 aromatic rings. The van der Waals surface area contributed by atoms with Crippen molar-refractivity contribution in [2.24, 2.45) is 0 Å². The number of para-hydroxylation sites is 1. The van der Waals surface area contributed by atoms with Gasteiger partial charge in [0.1, 0.15) is 0 Å². The number of nitrogens with one attached hydrogen (secondary N) is 2. The van der Waals surface area contributed by atoms with Crippen LogP contribution in [0, 0.1) is 13.8 Å². The van der Waals surface area contributed by atoms with E-state index in [0.717, 1.165) is 35.6 Å². The SMILES string of the molecule is CCN(CC)c1ccc(NC(=O)Nc2ccccc2C)c(C)c1. The van der Waals surface area contributed by atoms with Gasteiger partial charge in [-0.3, -0.25) is 0 Å². The third-order valence-electron chi connectivity index (χ3n) is 3.98. The van der Waals surface area contributed by atoms with Gasteiger partial charge in [0.2, 0.25) is 0 Å². The number of rotatable bonds is 5. The molecular formula is C19H25N3O. The summed E-state index contributed by atoms with van der Waals surface area (Å²) in [6.07, 6.45) is 0. The second kappa shape index (κ2) is 7.68. The summed E-state index contributed by atoms with van der Waals surface area (Å²) in [7, 11) is 0. The van der Waals surface area contributed by atoms with E-state index >= 15 is 0 Å². The van der Waals surface area contributed by atoms with Gasteiger partial charge < -0.3 is 15.5 Å². The van der Waals surface area contributed by atoms with E-state index in [1.54, 1.807) is 0 Å². The van der Waals surface area contributed by atoms with E-state index in [4.69, 9.17) is 0 Å². The standard InChI is InChI=1S/C19H25N3O/c1-5-22(6-2)16-11-12-18(15(4)13-16)21-19(23)20-17-10-8-7-9-14(17)3/h7-13H,5-6H2,1-4H3,(H2,20,21,23). The molecule has 0 aliphatic heterocycles. The molecule has 0 atom stereocenters. The molecule has 0 unspecified atom stereocenters. The van der Waals surface area contributed by atoms with Gasteiger partial charge in [0.05, 0.1) is 0 Å². The lowest BCUT2D eigenvalue weighted by atomic mass is 10.1. The molecule has 2 amide bonds. The summed E-state index contributed by atoms with van der Waals surface area (Å²) < 4.78 is 0. The molecule has 0 aliphatic rings. The fraction of sp³-hybridized carbons (Fsp3) is 0.316. The second-order valence-electron chi connectivity index (χ2n) is 5.57. The summed E-state index contributed by atoms with van der Waals surface area (Å²) in [5.74, 6) is 0. The molecule has 0 fully saturated rings. The highest BCUT2D eigenvalue weighted by atomic mass is 16.2. The Balaban J connectivity index is 2.08. The Hall–Kier alpha value is -2.49. The number of aryl methyl sites for hydroxylation is 2. The lowest BCUT2D eigenvalue weighted by Gasteiger charge is -2.22. The van der Waals surface area contributed by atoms with Gasteiger partial charge in [-0.15, -0.1) is 0 Å². The Morgan fingerprint density at radius 3 is 2.09 bits per heavy atom. The average molecular weight is 311 g/mol. The van der Waals surface area contributed by atoms with Crippen LogP contribution in [0.5, 0.6) is 0 Å². The molecular weight excluding hydrogens is 286 g/mol. The number of amides is 2. The molecule has 0 radical (unpaired) electrons. The van der Waals surface area contributed by atoms with Gasteiger partial charge in [-0.1, -0.05) is 18.2 Å². The highest BCUT2D eigenvalue weighted by Gasteiger charge is 2.08. The van der Waals surface area contributed by atoms with Crippen LogP contribution in [0.1, 0.15) is 25.0 Å². The molecule has 122 valence electrons. The minimum atomic E-state index is -0.224. The van der Waals surface area contributed by atoms with E-state index in [9.17, 15) is 4.79 Å². The first-order chi connectivity index (χ1) is 11.0. The fourth-order valence-electron chi connectivity index (χ4n) is 2.56. The third-order valence-corrected chi connectivity index (χ3v) is 3.98. The largest absolute Gasteiger partial charge is 0.372 e. The zero-order valence-electron chi connectivity index (χ0n) is 14.3. The number of hydrogen-bond acceptors (Lipinski definition) is 2. The highest BCUT2D eigenvalue weighted by Crippen LogP contribution is 2.23. The monoisotopic (exact) mass is 311 g/mol. The van der Waals surface area contributed by atoms with Gasteiger partial charge in [-0.25, -0.2) is 4.79 Å².